The van der Waals surface area contributed by atoms with E-state index in [-0.39, 0.29) is 17.2 Å². The summed E-state index contributed by atoms with van der Waals surface area (Å²) in [5.41, 5.74) is -0.113. The first-order valence-corrected chi connectivity index (χ1v) is 9.66. The molecule has 0 unspecified atom stereocenters. The fourth-order valence-corrected chi connectivity index (χ4v) is 3.50. The molecule has 0 spiro atoms. The predicted octanol–water partition coefficient (Wildman–Crippen LogP) is 2.74. The van der Waals surface area contributed by atoms with E-state index in [2.05, 4.69) is 48.1 Å². The molecule has 6 nitrogen and oxygen atoms in total. The molecule has 1 aliphatic carbocycles. The summed E-state index contributed by atoms with van der Waals surface area (Å²) in [7, 11) is 0. The van der Waals surface area contributed by atoms with Gasteiger partial charge in [-0.2, -0.15) is 4.98 Å². The van der Waals surface area contributed by atoms with Crippen LogP contribution in [0.25, 0.3) is 0 Å². The molecule has 0 radical (unpaired) electrons. The lowest BCUT2D eigenvalue weighted by molar-refractivity contribution is -0.125. The van der Waals surface area contributed by atoms with E-state index in [1.54, 1.807) is 0 Å². The average molecular weight is 348 g/mol. The summed E-state index contributed by atoms with van der Waals surface area (Å²) >= 11 is 0. The SMILES string of the molecule is C[C@@H](C(=O)NC[C@H]1CCCN(Cc2noc(C(C)(C)C)n2)C1)C1CC1. The molecular weight excluding hydrogens is 316 g/mol. The van der Waals surface area contributed by atoms with Gasteiger partial charge in [-0.3, -0.25) is 9.69 Å². The van der Waals surface area contributed by atoms with Crippen molar-refractivity contribution in [3.05, 3.63) is 11.7 Å². The van der Waals surface area contributed by atoms with Gasteiger partial charge in [0.25, 0.3) is 0 Å². The van der Waals surface area contributed by atoms with Crippen molar-refractivity contribution in [2.45, 2.75) is 65.3 Å². The number of likely N-dealkylation sites (tertiary alicyclic amines) is 1. The Balaban J connectivity index is 1.46. The Morgan fingerprint density at radius 1 is 1.36 bits per heavy atom. The summed E-state index contributed by atoms with van der Waals surface area (Å²) in [5, 5.41) is 7.29. The van der Waals surface area contributed by atoms with Crippen LogP contribution in [-0.4, -0.2) is 40.6 Å². The molecule has 1 aromatic rings. The Morgan fingerprint density at radius 3 is 2.76 bits per heavy atom. The van der Waals surface area contributed by atoms with Crippen molar-refractivity contribution >= 4 is 5.91 Å². The molecule has 1 amide bonds. The zero-order valence-corrected chi connectivity index (χ0v) is 16.0. The van der Waals surface area contributed by atoms with Crippen LogP contribution < -0.4 is 5.32 Å². The molecule has 1 saturated carbocycles. The van der Waals surface area contributed by atoms with E-state index in [1.807, 2.05) is 0 Å². The highest BCUT2D eigenvalue weighted by atomic mass is 16.5. The summed E-state index contributed by atoms with van der Waals surface area (Å²) in [6.07, 6.45) is 4.76. The first-order chi connectivity index (χ1) is 11.8. The lowest BCUT2D eigenvalue weighted by atomic mass is 9.97. The molecule has 0 aromatic carbocycles. The van der Waals surface area contributed by atoms with Gasteiger partial charge >= 0.3 is 0 Å². The van der Waals surface area contributed by atoms with Crippen LogP contribution in [0.4, 0.5) is 0 Å². The number of aromatic nitrogens is 2. The van der Waals surface area contributed by atoms with Gasteiger partial charge in [0.2, 0.25) is 11.8 Å². The molecule has 1 N–H and O–H groups in total. The van der Waals surface area contributed by atoms with E-state index >= 15 is 0 Å². The largest absolute Gasteiger partial charge is 0.356 e. The zero-order valence-electron chi connectivity index (χ0n) is 16.0. The van der Waals surface area contributed by atoms with Crippen molar-refractivity contribution in [1.82, 2.24) is 20.4 Å². The Bertz CT molecular complexity index is 588. The Hall–Kier alpha value is -1.43. The fraction of sp³-hybridized carbons (Fsp3) is 0.842. The fourth-order valence-electron chi connectivity index (χ4n) is 3.50. The number of hydrogen-bond donors (Lipinski definition) is 1. The van der Waals surface area contributed by atoms with Gasteiger partial charge in [0, 0.05) is 24.4 Å². The molecule has 1 aromatic heterocycles. The summed E-state index contributed by atoms with van der Waals surface area (Å²) < 4.78 is 5.39. The van der Waals surface area contributed by atoms with Crippen LogP contribution >= 0.6 is 0 Å². The first-order valence-electron chi connectivity index (χ1n) is 9.66. The third-order valence-corrected chi connectivity index (χ3v) is 5.39. The standard InChI is InChI=1S/C19H32N4O2/c1-13(15-7-8-15)17(24)20-10-14-6-5-9-23(11-14)12-16-21-18(25-22-16)19(2,3)4/h13-15H,5-12H2,1-4H3,(H,20,24)/t13-,14-/m1/s1. The first kappa shape index (κ1) is 18.4. The smallest absolute Gasteiger partial charge is 0.232 e. The van der Waals surface area contributed by atoms with Gasteiger partial charge in [-0.05, 0) is 44.1 Å². The molecule has 140 valence electrons. The number of carbonyl (C=O) groups is 1. The third kappa shape index (κ3) is 5.03. The maximum absolute atomic E-state index is 12.2. The number of piperidine rings is 1. The summed E-state index contributed by atoms with van der Waals surface area (Å²) in [4.78, 5) is 19.1. The predicted molar refractivity (Wildman–Crippen MR) is 95.9 cm³/mol. The minimum atomic E-state index is -0.113. The van der Waals surface area contributed by atoms with Crippen molar-refractivity contribution in [2.75, 3.05) is 19.6 Å². The topological polar surface area (TPSA) is 71.3 Å². The second-order valence-electron chi connectivity index (χ2n) is 8.88. The molecule has 6 heteroatoms. The van der Waals surface area contributed by atoms with Gasteiger partial charge in [-0.25, -0.2) is 0 Å². The van der Waals surface area contributed by atoms with Crippen molar-refractivity contribution < 1.29 is 9.32 Å². The van der Waals surface area contributed by atoms with Crippen LogP contribution in [0.15, 0.2) is 4.52 Å². The molecule has 2 heterocycles. The van der Waals surface area contributed by atoms with Gasteiger partial charge in [-0.1, -0.05) is 32.9 Å². The Labute approximate surface area is 150 Å². The highest BCUT2D eigenvalue weighted by molar-refractivity contribution is 5.78. The Morgan fingerprint density at radius 2 is 2.12 bits per heavy atom. The number of amides is 1. The number of carbonyl (C=O) groups excluding carboxylic acids is 1. The van der Waals surface area contributed by atoms with Crippen LogP contribution in [-0.2, 0) is 16.8 Å². The lowest BCUT2D eigenvalue weighted by Gasteiger charge is -2.32. The second-order valence-corrected chi connectivity index (χ2v) is 8.88. The van der Waals surface area contributed by atoms with Crippen molar-refractivity contribution in [1.29, 1.82) is 0 Å². The van der Waals surface area contributed by atoms with E-state index in [4.69, 9.17) is 4.52 Å². The number of hydrogen-bond acceptors (Lipinski definition) is 5. The quantitative estimate of drug-likeness (QED) is 0.856. The molecule has 1 saturated heterocycles. The molecule has 25 heavy (non-hydrogen) atoms. The van der Waals surface area contributed by atoms with Crippen molar-refractivity contribution in [3.8, 4) is 0 Å². The van der Waals surface area contributed by atoms with Gasteiger partial charge in [0.15, 0.2) is 5.82 Å². The highest BCUT2D eigenvalue weighted by Crippen LogP contribution is 2.36. The summed E-state index contributed by atoms with van der Waals surface area (Å²) in [6.45, 7) is 11.8. The molecule has 2 fully saturated rings. The number of nitrogens with zero attached hydrogens (tertiary/aromatic N) is 3. The number of nitrogens with one attached hydrogen (secondary N) is 1. The molecular formula is C19H32N4O2. The highest BCUT2D eigenvalue weighted by Gasteiger charge is 2.33. The van der Waals surface area contributed by atoms with E-state index < -0.39 is 0 Å². The third-order valence-electron chi connectivity index (χ3n) is 5.39. The zero-order chi connectivity index (χ0) is 18.0. The molecule has 0 bridgehead atoms. The van der Waals surface area contributed by atoms with E-state index in [1.165, 1.54) is 19.3 Å². The second kappa shape index (κ2) is 7.44. The summed E-state index contributed by atoms with van der Waals surface area (Å²) in [5.74, 6) is 2.99. The van der Waals surface area contributed by atoms with Crippen LogP contribution in [0, 0.1) is 17.8 Å². The molecule has 1 aliphatic heterocycles. The number of rotatable bonds is 6. The van der Waals surface area contributed by atoms with E-state index in [0.29, 0.717) is 17.7 Å². The lowest BCUT2D eigenvalue weighted by Crippen LogP contribution is -2.42. The minimum Gasteiger partial charge on any atom is -0.356 e. The van der Waals surface area contributed by atoms with E-state index in [0.717, 1.165) is 38.4 Å². The average Bonchev–Trinajstić information content (AvgIpc) is 3.30. The van der Waals surface area contributed by atoms with Crippen molar-refractivity contribution in [2.24, 2.45) is 17.8 Å². The molecule has 2 aliphatic rings. The van der Waals surface area contributed by atoms with Gasteiger partial charge < -0.3 is 9.84 Å². The van der Waals surface area contributed by atoms with E-state index in [9.17, 15) is 4.79 Å². The normalized spacial score (nSPS) is 23.4. The van der Waals surface area contributed by atoms with Crippen molar-refractivity contribution in [3.63, 3.8) is 0 Å². The monoisotopic (exact) mass is 348 g/mol. The summed E-state index contributed by atoms with van der Waals surface area (Å²) in [6, 6.07) is 0. The van der Waals surface area contributed by atoms with Crippen LogP contribution in [0.5, 0.6) is 0 Å². The van der Waals surface area contributed by atoms with Crippen LogP contribution in [0.2, 0.25) is 0 Å². The van der Waals surface area contributed by atoms with Crippen LogP contribution in [0.1, 0.15) is 65.1 Å². The van der Waals surface area contributed by atoms with Gasteiger partial charge in [-0.15, -0.1) is 0 Å². The maximum Gasteiger partial charge on any atom is 0.232 e. The van der Waals surface area contributed by atoms with Gasteiger partial charge in [0.05, 0.1) is 6.54 Å². The van der Waals surface area contributed by atoms with Gasteiger partial charge in [0.1, 0.15) is 0 Å². The minimum absolute atomic E-state index is 0.113. The Kier molecular flexibility index (Phi) is 5.46. The maximum atomic E-state index is 12.2. The molecule has 3 rings (SSSR count). The molecule has 2 atom stereocenters. The van der Waals surface area contributed by atoms with Crippen LogP contribution in [0.3, 0.4) is 0 Å².